The highest BCUT2D eigenvalue weighted by molar-refractivity contribution is 6.10. The molecule has 0 unspecified atom stereocenters. The van der Waals surface area contributed by atoms with Gasteiger partial charge in [-0.3, -0.25) is 0 Å². The SMILES string of the molecule is Oc1c2ccccc2c(O)c2ccccc12.c1ccc2cc3ccccc3cc2c1. The molecule has 0 bridgehead atoms. The second kappa shape index (κ2) is 7.41. The summed E-state index contributed by atoms with van der Waals surface area (Å²) in [5.41, 5.74) is 0. The minimum absolute atomic E-state index is 0.226. The lowest BCUT2D eigenvalue weighted by Gasteiger charge is -2.08. The summed E-state index contributed by atoms with van der Waals surface area (Å²) in [6, 6.07) is 36.0. The monoisotopic (exact) mass is 388 g/mol. The summed E-state index contributed by atoms with van der Waals surface area (Å²) < 4.78 is 0. The maximum Gasteiger partial charge on any atom is 0.131 e. The highest BCUT2D eigenvalue weighted by Gasteiger charge is 2.10. The summed E-state index contributed by atoms with van der Waals surface area (Å²) in [4.78, 5) is 0. The molecule has 0 radical (unpaired) electrons. The van der Waals surface area contributed by atoms with Gasteiger partial charge in [0.05, 0.1) is 0 Å². The largest absolute Gasteiger partial charge is 0.507 e. The van der Waals surface area contributed by atoms with Gasteiger partial charge in [0.15, 0.2) is 0 Å². The van der Waals surface area contributed by atoms with Crippen LogP contribution in [0, 0.1) is 0 Å². The van der Waals surface area contributed by atoms with Crippen LogP contribution in [-0.4, -0.2) is 10.2 Å². The highest BCUT2D eigenvalue weighted by Crippen LogP contribution is 2.40. The molecule has 6 aromatic rings. The first-order valence-corrected chi connectivity index (χ1v) is 9.91. The van der Waals surface area contributed by atoms with Crippen molar-refractivity contribution in [1.82, 2.24) is 0 Å². The molecule has 0 aliphatic heterocycles. The molecule has 2 nitrogen and oxygen atoms in total. The quantitative estimate of drug-likeness (QED) is 0.210. The Balaban J connectivity index is 0.000000130. The molecule has 0 aliphatic rings. The molecule has 0 saturated carbocycles. The van der Waals surface area contributed by atoms with Crippen LogP contribution < -0.4 is 0 Å². The molecule has 2 N–H and O–H groups in total. The maximum atomic E-state index is 10.1. The lowest BCUT2D eigenvalue weighted by atomic mass is 10.0. The first-order valence-electron chi connectivity index (χ1n) is 9.91. The van der Waals surface area contributed by atoms with Crippen LogP contribution in [0.25, 0.3) is 43.1 Å². The smallest absolute Gasteiger partial charge is 0.131 e. The van der Waals surface area contributed by atoms with Crippen LogP contribution in [0.2, 0.25) is 0 Å². The van der Waals surface area contributed by atoms with Crippen LogP contribution in [0.3, 0.4) is 0 Å². The standard InChI is InChI=1S/C14H10O2.C14H10/c15-13-9-5-1-2-6-10(9)14(16)12-8-4-3-7-11(12)13;1-2-6-12-10-14-8-4-3-7-13(14)9-11(12)5-1/h1-8,15-16H;1-10H. The van der Waals surface area contributed by atoms with Gasteiger partial charge in [0.2, 0.25) is 0 Å². The Morgan fingerprint density at radius 1 is 0.333 bits per heavy atom. The fourth-order valence-electron chi connectivity index (χ4n) is 3.97. The third kappa shape index (κ3) is 3.09. The van der Waals surface area contributed by atoms with Gasteiger partial charge in [-0.2, -0.15) is 0 Å². The molecular formula is C28H20O2. The van der Waals surface area contributed by atoms with Gasteiger partial charge in [0.25, 0.3) is 0 Å². The van der Waals surface area contributed by atoms with E-state index in [9.17, 15) is 10.2 Å². The fourth-order valence-corrected chi connectivity index (χ4v) is 3.97. The van der Waals surface area contributed by atoms with Gasteiger partial charge in [-0.05, 0) is 33.7 Å². The normalized spacial score (nSPS) is 10.9. The zero-order valence-corrected chi connectivity index (χ0v) is 16.3. The molecule has 0 fully saturated rings. The Morgan fingerprint density at radius 3 is 0.833 bits per heavy atom. The van der Waals surface area contributed by atoms with E-state index in [0.717, 1.165) is 0 Å². The van der Waals surface area contributed by atoms with Crippen molar-refractivity contribution in [2.24, 2.45) is 0 Å². The summed E-state index contributed by atoms with van der Waals surface area (Å²) >= 11 is 0. The third-order valence-electron chi connectivity index (χ3n) is 5.49. The molecule has 0 aliphatic carbocycles. The van der Waals surface area contributed by atoms with E-state index in [1.807, 2.05) is 24.3 Å². The number of hydrogen-bond acceptors (Lipinski definition) is 2. The Hall–Kier alpha value is -4.04. The van der Waals surface area contributed by atoms with Gasteiger partial charge in [0.1, 0.15) is 11.5 Å². The average Bonchev–Trinajstić information content (AvgIpc) is 2.81. The van der Waals surface area contributed by atoms with Gasteiger partial charge in [0, 0.05) is 21.5 Å². The molecular weight excluding hydrogens is 368 g/mol. The zero-order valence-electron chi connectivity index (χ0n) is 16.3. The lowest BCUT2D eigenvalue weighted by molar-refractivity contribution is 0.478. The van der Waals surface area contributed by atoms with Crippen LogP contribution in [0.5, 0.6) is 11.5 Å². The van der Waals surface area contributed by atoms with E-state index in [1.54, 1.807) is 24.3 Å². The summed E-state index contributed by atoms with van der Waals surface area (Å²) in [5.74, 6) is 0.452. The molecule has 6 aromatic carbocycles. The number of fused-ring (bicyclic) bond motifs is 4. The van der Waals surface area contributed by atoms with Gasteiger partial charge < -0.3 is 10.2 Å². The predicted octanol–water partition coefficient (Wildman–Crippen LogP) is 7.40. The summed E-state index contributed by atoms with van der Waals surface area (Å²) in [5, 5.41) is 28.2. The van der Waals surface area contributed by atoms with Crippen molar-refractivity contribution in [2.45, 2.75) is 0 Å². The van der Waals surface area contributed by atoms with Crippen molar-refractivity contribution >= 4 is 43.1 Å². The Bertz CT molecular complexity index is 1290. The molecule has 0 saturated heterocycles. The van der Waals surface area contributed by atoms with Crippen molar-refractivity contribution in [3.05, 3.63) is 109 Å². The summed E-state index contributed by atoms with van der Waals surface area (Å²) in [6.07, 6.45) is 0. The molecule has 144 valence electrons. The van der Waals surface area contributed by atoms with Crippen LogP contribution in [-0.2, 0) is 0 Å². The molecule has 0 amide bonds. The lowest BCUT2D eigenvalue weighted by Crippen LogP contribution is -1.80. The second-order valence-corrected chi connectivity index (χ2v) is 7.33. The average molecular weight is 388 g/mol. The second-order valence-electron chi connectivity index (χ2n) is 7.33. The van der Waals surface area contributed by atoms with E-state index in [-0.39, 0.29) is 11.5 Å². The van der Waals surface area contributed by atoms with Crippen LogP contribution in [0.1, 0.15) is 0 Å². The van der Waals surface area contributed by atoms with Gasteiger partial charge in [-0.15, -0.1) is 0 Å². The maximum absolute atomic E-state index is 10.1. The molecule has 6 rings (SSSR count). The zero-order chi connectivity index (χ0) is 20.5. The van der Waals surface area contributed by atoms with E-state index in [2.05, 4.69) is 60.7 Å². The predicted molar refractivity (Wildman–Crippen MR) is 126 cm³/mol. The van der Waals surface area contributed by atoms with Crippen LogP contribution >= 0.6 is 0 Å². The number of phenols is 2. The first kappa shape index (κ1) is 18.0. The summed E-state index contributed by atoms with van der Waals surface area (Å²) in [7, 11) is 0. The molecule has 0 atom stereocenters. The van der Waals surface area contributed by atoms with E-state index < -0.39 is 0 Å². The number of benzene rings is 6. The number of phenolic OH excluding ortho intramolecular Hbond substituents is 2. The van der Waals surface area contributed by atoms with E-state index >= 15 is 0 Å². The molecule has 0 heterocycles. The molecule has 0 aromatic heterocycles. The number of hydrogen-bond donors (Lipinski definition) is 2. The van der Waals surface area contributed by atoms with Gasteiger partial charge >= 0.3 is 0 Å². The van der Waals surface area contributed by atoms with Gasteiger partial charge in [-0.25, -0.2) is 0 Å². The highest BCUT2D eigenvalue weighted by atomic mass is 16.3. The molecule has 30 heavy (non-hydrogen) atoms. The van der Waals surface area contributed by atoms with Crippen LogP contribution in [0.15, 0.2) is 109 Å². The van der Waals surface area contributed by atoms with E-state index in [0.29, 0.717) is 21.5 Å². The van der Waals surface area contributed by atoms with Crippen molar-refractivity contribution in [1.29, 1.82) is 0 Å². The van der Waals surface area contributed by atoms with Crippen molar-refractivity contribution < 1.29 is 10.2 Å². The minimum atomic E-state index is 0.226. The van der Waals surface area contributed by atoms with Crippen molar-refractivity contribution in [3.8, 4) is 11.5 Å². The first-order chi connectivity index (χ1) is 14.7. The number of rotatable bonds is 0. The topological polar surface area (TPSA) is 40.5 Å². The van der Waals surface area contributed by atoms with E-state index in [1.165, 1.54) is 21.5 Å². The fraction of sp³-hybridized carbons (Fsp3) is 0. The van der Waals surface area contributed by atoms with Crippen molar-refractivity contribution in [3.63, 3.8) is 0 Å². The molecule has 2 heteroatoms. The van der Waals surface area contributed by atoms with Crippen LogP contribution in [0.4, 0.5) is 0 Å². The number of aromatic hydroxyl groups is 2. The summed E-state index contributed by atoms with van der Waals surface area (Å²) in [6.45, 7) is 0. The van der Waals surface area contributed by atoms with E-state index in [4.69, 9.17) is 0 Å². The molecule has 0 spiro atoms. The Morgan fingerprint density at radius 2 is 0.567 bits per heavy atom. The van der Waals surface area contributed by atoms with Gasteiger partial charge in [-0.1, -0.05) is 97.1 Å². The minimum Gasteiger partial charge on any atom is -0.507 e. The Kier molecular flexibility index (Phi) is 4.45. The van der Waals surface area contributed by atoms with Crippen molar-refractivity contribution in [2.75, 3.05) is 0 Å². The third-order valence-corrected chi connectivity index (χ3v) is 5.49. The Labute approximate surface area is 174 Å².